The maximum atomic E-state index is 12.2. The van der Waals surface area contributed by atoms with Crippen molar-refractivity contribution < 1.29 is 14.3 Å². The zero-order chi connectivity index (χ0) is 19.8. The largest absolute Gasteiger partial charge is 0.483 e. The van der Waals surface area contributed by atoms with E-state index in [-0.39, 0.29) is 6.61 Å². The van der Waals surface area contributed by atoms with Crippen LogP contribution in [0, 0.1) is 0 Å². The number of hydrogen-bond acceptors (Lipinski definition) is 4. The van der Waals surface area contributed by atoms with Gasteiger partial charge in [-0.3, -0.25) is 25.1 Å². The number of nitrogens with one attached hydrogen (secondary N) is 2. The summed E-state index contributed by atoms with van der Waals surface area (Å²) in [6.07, 6.45) is 4.40. The van der Waals surface area contributed by atoms with Gasteiger partial charge in [0.05, 0.1) is 6.54 Å². The Morgan fingerprint density at radius 1 is 1.04 bits per heavy atom. The average molecular weight is 378 g/mol. The van der Waals surface area contributed by atoms with Gasteiger partial charge < -0.3 is 4.74 Å². The summed E-state index contributed by atoms with van der Waals surface area (Å²) in [5, 5.41) is 4.15. The minimum absolute atomic E-state index is 0.180. The Labute approximate surface area is 163 Å². The highest BCUT2D eigenvalue weighted by Crippen LogP contribution is 2.17. The zero-order valence-electron chi connectivity index (χ0n) is 15.6. The van der Waals surface area contributed by atoms with E-state index < -0.39 is 11.8 Å². The summed E-state index contributed by atoms with van der Waals surface area (Å²) in [5.74, 6) is -0.165. The lowest BCUT2D eigenvalue weighted by molar-refractivity contribution is -0.123. The van der Waals surface area contributed by atoms with Gasteiger partial charge >= 0.3 is 0 Å². The van der Waals surface area contributed by atoms with Crippen LogP contribution in [0.2, 0.25) is 0 Å². The molecule has 0 fully saturated rings. The minimum Gasteiger partial charge on any atom is -0.483 e. The first kappa shape index (κ1) is 19.2. The molecule has 0 saturated heterocycles. The first-order valence-corrected chi connectivity index (χ1v) is 9.02. The lowest BCUT2D eigenvalue weighted by Crippen LogP contribution is -2.43. The smallest absolute Gasteiger partial charge is 0.276 e. The first-order chi connectivity index (χ1) is 13.7. The fourth-order valence-electron chi connectivity index (χ4n) is 2.66. The van der Waals surface area contributed by atoms with Gasteiger partial charge in [0, 0.05) is 18.0 Å². The average Bonchev–Trinajstić information content (AvgIpc) is 3.24. The van der Waals surface area contributed by atoms with E-state index in [2.05, 4.69) is 16.0 Å². The van der Waals surface area contributed by atoms with Crippen LogP contribution in [0.3, 0.4) is 0 Å². The Hall–Kier alpha value is -3.61. The van der Waals surface area contributed by atoms with Crippen molar-refractivity contribution in [1.82, 2.24) is 20.6 Å². The number of ether oxygens (including phenoxy) is 1. The standard InChI is InChI=1S/C21H22N4O3/c1-2-17-6-3-4-7-19(17)28-15-20(26)23-24-21(27)18-10-8-16(9-11-18)14-25-13-5-12-22-25/h3-13H,2,14-15H2,1H3,(H,23,26)(H,24,27). The SMILES string of the molecule is CCc1ccccc1OCC(=O)NNC(=O)c1ccc(Cn2cccn2)cc1. The molecule has 0 unspecified atom stereocenters. The van der Waals surface area contributed by atoms with E-state index in [1.165, 1.54) is 0 Å². The Bertz CT molecular complexity index is 921. The van der Waals surface area contributed by atoms with Gasteiger partial charge in [-0.15, -0.1) is 0 Å². The van der Waals surface area contributed by atoms with Crippen molar-refractivity contribution in [1.29, 1.82) is 0 Å². The molecule has 144 valence electrons. The van der Waals surface area contributed by atoms with Crippen LogP contribution >= 0.6 is 0 Å². The van der Waals surface area contributed by atoms with Crippen molar-refractivity contribution in [2.24, 2.45) is 0 Å². The molecule has 1 heterocycles. The molecule has 2 aromatic carbocycles. The zero-order valence-corrected chi connectivity index (χ0v) is 15.6. The lowest BCUT2D eigenvalue weighted by Gasteiger charge is -2.11. The number of aryl methyl sites for hydroxylation is 1. The van der Waals surface area contributed by atoms with Crippen LogP contribution < -0.4 is 15.6 Å². The van der Waals surface area contributed by atoms with E-state index in [4.69, 9.17) is 4.74 Å². The van der Waals surface area contributed by atoms with Crippen LogP contribution in [0.25, 0.3) is 0 Å². The second-order valence-corrected chi connectivity index (χ2v) is 6.15. The summed E-state index contributed by atoms with van der Waals surface area (Å²) < 4.78 is 7.32. The molecule has 0 spiro atoms. The van der Waals surface area contributed by atoms with Gasteiger partial charge in [-0.05, 0) is 41.8 Å². The van der Waals surface area contributed by atoms with Gasteiger partial charge in [0.1, 0.15) is 5.75 Å². The maximum Gasteiger partial charge on any atom is 0.276 e. The van der Waals surface area contributed by atoms with E-state index in [0.717, 1.165) is 17.5 Å². The first-order valence-electron chi connectivity index (χ1n) is 9.02. The Kier molecular flexibility index (Phi) is 6.41. The molecular weight excluding hydrogens is 356 g/mol. The molecule has 0 bridgehead atoms. The molecule has 0 aliphatic heterocycles. The van der Waals surface area contributed by atoms with Gasteiger partial charge in [-0.2, -0.15) is 5.10 Å². The number of aromatic nitrogens is 2. The number of benzene rings is 2. The van der Waals surface area contributed by atoms with E-state index in [0.29, 0.717) is 17.9 Å². The molecule has 2 amide bonds. The Morgan fingerprint density at radius 3 is 2.54 bits per heavy atom. The van der Waals surface area contributed by atoms with Crippen LogP contribution in [-0.2, 0) is 17.8 Å². The predicted molar refractivity (Wildman–Crippen MR) is 105 cm³/mol. The second-order valence-electron chi connectivity index (χ2n) is 6.15. The van der Waals surface area contributed by atoms with E-state index >= 15 is 0 Å². The van der Waals surface area contributed by atoms with Crippen molar-refractivity contribution in [2.75, 3.05) is 6.61 Å². The van der Waals surface area contributed by atoms with Crippen molar-refractivity contribution in [3.63, 3.8) is 0 Å². The lowest BCUT2D eigenvalue weighted by atomic mass is 10.1. The number of nitrogens with zero attached hydrogens (tertiary/aromatic N) is 2. The van der Waals surface area contributed by atoms with Gasteiger partial charge in [0.25, 0.3) is 11.8 Å². The normalized spacial score (nSPS) is 10.3. The van der Waals surface area contributed by atoms with Gasteiger partial charge in [0.2, 0.25) is 0 Å². The number of hydrogen-bond donors (Lipinski definition) is 2. The molecule has 3 rings (SSSR count). The minimum atomic E-state index is -0.436. The Morgan fingerprint density at radius 2 is 1.82 bits per heavy atom. The maximum absolute atomic E-state index is 12.2. The molecule has 28 heavy (non-hydrogen) atoms. The molecular formula is C21H22N4O3. The van der Waals surface area contributed by atoms with Crippen LogP contribution in [-0.4, -0.2) is 28.2 Å². The molecule has 0 saturated carbocycles. The number of rotatable bonds is 7. The molecule has 3 aromatic rings. The number of carbonyl (C=O) groups excluding carboxylic acids is 2. The third-order valence-corrected chi connectivity index (χ3v) is 4.15. The molecule has 1 aromatic heterocycles. The van der Waals surface area contributed by atoms with E-state index in [1.54, 1.807) is 23.0 Å². The fourth-order valence-corrected chi connectivity index (χ4v) is 2.66. The van der Waals surface area contributed by atoms with Crippen molar-refractivity contribution >= 4 is 11.8 Å². The van der Waals surface area contributed by atoms with Gasteiger partial charge in [0.15, 0.2) is 6.61 Å². The van der Waals surface area contributed by atoms with Gasteiger partial charge in [-0.1, -0.05) is 37.3 Å². The number of amides is 2. The predicted octanol–water partition coefficient (Wildman–Crippen LogP) is 2.33. The quantitative estimate of drug-likeness (QED) is 0.618. The third kappa shape index (κ3) is 5.20. The highest BCUT2D eigenvalue weighted by atomic mass is 16.5. The molecule has 7 nitrogen and oxygen atoms in total. The van der Waals surface area contributed by atoms with Crippen molar-refractivity contribution in [3.8, 4) is 5.75 Å². The highest BCUT2D eigenvalue weighted by molar-refractivity contribution is 5.95. The van der Waals surface area contributed by atoms with Crippen LogP contribution in [0.15, 0.2) is 67.0 Å². The van der Waals surface area contributed by atoms with Gasteiger partial charge in [-0.25, -0.2) is 0 Å². The fraction of sp³-hybridized carbons (Fsp3) is 0.190. The number of hydrazine groups is 1. The van der Waals surface area contributed by atoms with Crippen LogP contribution in [0.1, 0.15) is 28.4 Å². The van der Waals surface area contributed by atoms with Crippen molar-refractivity contribution in [2.45, 2.75) is 19.9 Å². The van der Waals surface area contributed by atoms with Crippen LogP contribution in [0.4, 0.5) is 0 Å². The molecule has 0 aliphatic rings. The summed E-state index contributed by atoms with van der Waals surface area (Å²) in [6.45, 7) is 2.46. The molecule has 7 heteroatoms. The molecule has 2 N–H and O–H groups in total. The number of para-hydroxylation sites is 1. The van der Waals surface area contributed by atoms with E-state index in [1.807, 2.05) is 55.6 Å². The van der Waals surface area contributed by atoms with E-state index in [9.17, 15) is 9.59 Å². The second kappa shape index (κ2) is 9.36. The summed E-state index contributed by atoms with van der Waals surface area (Å²) in [7, 11) is 0. The molecule has 0 atom stereocenters. The monoisotopic (exact) mass is 378 g/mol. The van der Waals surface area contributed by atoms with Crippen LogP contribution in [0.5, 0.6) is 5.75 Å². The molecule has 0 radical (unpaired) electrons. The third-order valence-electron chi connectivity index (χ3n) is 4.15. The highest BCUT2D eigenvalue weighted by Gasteiger charge is 2.09. The number of carbonyl (C=O) groups is 2. The summed E-state index contributed by atoms with van der Waals surface area (Å²) in [4.78, 5) is 24.1. The topological polar surface area (TPSA) is 85.3 Å². The summed E-state index contributed by atoms with van der Waals surface area (Å²) >= 11 is 0. The summed E-state index contributed by atoms with van der Waals surface area (Å²) in [6, 6.07) is 16.5. The molecule has 0 aliphatic carbocycles. The Balaban J connectivity index is 1.46. The summed E-state index contributed by atoms with van der Waals surface area (Å²) in [5.41, 5.74) is 7.24. The van der Waals surface area contributed by atoms with Crippen molar-refractivity contribution in [3.05, 3.63) is 83.7 Å².